The molecule has 0 aliphatic rings. The van der Waals surface area contributed by atoms with Crippen LogP contribution in [0.2, 0.25) is 0 Å². The molecular weight excluding hydrogens is 282 g/mol. The van der Waals surface area contributed by atoms with Gasteiger partial charge in [0, 0.05) is 30.2 Å². The number of methoxy groups -OCH3 is 1. The largest absolute Gasteiger partial charge is 0.497 e. The van der Waals surface area contributed by atoms with Gasteiger partial charge >= 0.3 is 0 Å². The molecule has 0 aliphatic heterocycles. The van der Waals surface area contributed by atoms with E-state index in [0.717, 1.165) is 35.7 Å². The number of benzene rings is 1. The van der Waals surface area contributed by atoms with Crippen LogP contribution in [-0.4, -0.2) is 22.5 Å². The average Bonchev–Trinajstić information content (AvgIpc) is 3.07. The van der Waals surface area contributed by atoms with Crippen molar-refractivity contribution in [1.82, 2.24) is 9.38 Å². The molecular formula is C16H19N3OS. The van der Waals surface area contributed by atoms with Gasteiger partial charge < -0.3 is 10.5 Å². The Bertz CT molecular complexity index is 673. The van der Waals surface area contributed by atoms with Gasteiger partial charge in [0.1, 0.15) is 5.75 Å². The van der Waals surface area contributed by atoms with Crippen LogP contribution in [0.4, 0.5) is 0 Å². The van der Waals surface area contributed by atoms with E-state index in [9.17, 15) is 0 Å². The molecule has 0 saturated carbocycles. The third-order valence-electron chi connectivity index (χ3n) is 3.58. The highest BCUT2D eigenvalue weighted by Crippen LogP contribution is 2.15. The first kappa shape index (κ1) is 14.1. The lowest BCUT2D eigenvalue weighted by atomic mass is 10.0. The standard InChI is InChI=1S/C16H19N3OS/c1-20-15-6-3-12(4-7-15)2-5-13(17)10-14-11-19-8-9-21-16(19)18-14/h3-4,6-9,11,13H,2,5,10,17H2,1H3. The lowest BCUT2D eigenvalue weighted by Crippen LogP contribution is -2.23. The molecule has 1 unspecified atom stereocenters. The molecule has 0 bridgehead atoms. The summed E-state index contributed by atoms with van der Waals surface area (Å²) >= 11 is 1.65. The molecule has 2 aromatic heterocycles. The summed E-state index contributed by atoms with van der Waals surface area (Å²) in [5, 5.41) is 2.04. The van der Waals surface area contributed by atoms with Crippen LogP contribution in [0, 0.1) is 0 Å². The first-order valence-corrected chi connectivity index (χ1v) is 7.92. The van der Waals surface area contributed by atoms with Crippen molar-refractivity contribution in [3.8, 4) is 5.75 Å². The second-order valence-corrected chi connectivity index (χ2v) is 6.05. The molecule has 5 heteroatoms. The smallest absolute Gasteiger partial charge is 0.193 e. The average molecular weight is 301 g/mol. The van der Waals surface area contributed by atoms with Crippen LogP contribution < -0.4 is 10.5 Å². The molecule has 1 aromatic carbocycles. The summed E-state index contributed by atoms with van der Waals surface area (Å²) < 4.78 is 7.21. The number of thiazole rings is 1. The van der Waals surface area contributed by atoms with Crippen molar-refractivity contribution in [2.75, 3.05) is 7.11 Å². The van der Waals surface area contributed by atoms with Gasteiger partial charge in [-0.25, -0.2) is 4.98 Å². The molecule has 0 fully saturated rings. The lowest BCUT2D eigenvalue weighted by molar-refractivity contribution is 0.414. The Morgan fingerprint density at radius 2 is 2.14 bits per heavy atom. The minimum absolute atomic E-state index is 0.136. The number of fused-ring (bicyclic) bond motifs is 1. The third-order valence-corrected chi connectivity index (χ3v) is 4.35. The van der Waals surface area contributed by atoms with Crippen LogP contribution in [0.25, 0.3) is 4.96 Å². The number of imidazole rings is 1. The van der Waals surface area contributed by atoms with Gasteiger partial charge in [0.25, 0.3) is 0 Å². The van der Waals surface area contributed by atoms with E-state index in [0.29, 0.717) is 0 Å². The molecule has 2 N–H and O–H groups in total. The van der Waals surface area contributed by atoms with Gasteiger partial charge in [-0.2, -0.15) is 0 Å². The van der Waals surface area contributed by atoms with Crippen molar-refractivity contribution >= 4 is 16.3 Å². The van der Waals surface area contributed by atoms with Gasteiger partial charge in [-0.05, 0) is 30.5 Å². The minimum Gasteiger partial charge on any atom is -0.497 e. The number of hydrogen-bond acceptors (Lipinski definition) is 4. The van der Waals surface area contributed by atoms with E-state index in [2.05, 4.69) is 27.7 Å². The fourth-order valence-electron chi connectivity index (χ4n) is 2.39. The predicted octanol–water partition coefficient (Wildman–Crippen LogP) is 2.91. The molecule has 0 saturated heterocycles. The first-order valence-electron chi connectivity index (χ1n) is 7.04. The van der Waals surface area contributed by atoms with Crippen LogP contribution in [0.3, 0.4) is 0 Å². The van der Waals surface area contributed by atoms with Crippen molar-refractivity contribution < 1.29 is 4.74 Å². The number of nitrogens with two attached hydrogens (primary N) is 1. The Labute approximate surface area is 128 Å². The molecule has 4 nitrogen and oxygen atoms in total. The third kappa shape index (κ3) is 3.43. The molecule has 0 spiro atoms. The van der Waals surface area contributed by atoms with E-state index >= 15 is 0 Å². The van der Waals surface area contributed by atoms with Crippen molar-refractivity contribution in [3.63, 3.8) is 0 Å². The number of aromatic nitrogens is 2. The van der Waals surface area contributed by atoms with Gasteiger partial charge in [-0.3, -0.25) is 4.40 Å². The number of aryl methyl sites for hydroxylation is 1. The Kier molecular flexibility index (Phi) is 4.22. The number of rotatable bonds is 6. The summed E-state index contributed by atoms with van der Waals surface area (Å²) in [5.41, 5.74) is 8.59. The van der Waals surface area contributed by atoms with E-state index in [4.69, 9.17) is 10.5 Å². The molecule has 0 aliphatic carbocycles. The highest BCUT2D eigenvalue weighted by Gasteiger charge is 2.09. The van der Waals surface area contributed by atoms with Crippen LogP contribution in [0.15, 0.2) is 42.0 Å². The maximum absolute atomic E-state index is 6.23. The van der Waals surface area contributed by atoms with E-state index < -0.39 is 0 Å². The van der Waals surface area contributed by atoms with Crippen LogP contribution in [0.5, 0.6) is 5.75 Å². The van der Waals surface area contributed by atoms with E-state index in [-0.39, 0.29) is 6.04 Å². The van der Waals surface area contributed by atoms with Gasteiger partial charge in [0.05, 0.1) is 12.8 Å². The summed E-state index contributed by atoms with van der Waals surface area (Å²) in [6, 6.07) is 8.31. The zero-order valence-corrected chi connectivity index (χ0v) is 12.8. The predicted molar refractivity (Wildman–Crippen MR) is 86.1 cm³/mol. The first-order chi connectivity index (χ1) is 10.2. The quantitative estimate of drug-likeness (QED) is 0.761. The maximum Gasteiger partial charge on any atom is 0.193 e. The van der Waals surface area contributed by atoms with Gasteiger partial charge in [-0.1, -0.05) is 12.1 Å². The summed E-state index contributed by atoms with van der Waals surface area (Å²) in [7, 11) is 1.68. The fraction of sp³-hybridized carbons (Fsp3) is 0.312. The second-order valence-electron chi connectivity index (χ2n) is 5.18. The monoisotopic (exact) mass is 301 g/mol. The van der Waals surface area contributed by atoms with Gasteiger partial charge in [0.2, 0.25) is 0 Å². The summed E-state index contributed by atoms with van der Waals surface area (Å²) in [5.74, 6) is 0.890. The van der Waals surface area contributed by atoms with E-state index in [1.165, 1.54) is 5.56 Å². The Balaban J connectivity index is 1.53. The van der Waals surface area contributed by atoms with Crippen molar-refractivity contribution in [2.24, 2.45) is 5.73 Å². The summed E-state index contributed by atoms with van der Waals surface area (Å²) in [6.45, 7) is 0. The van der Waals surface area contributed by atoms with Gasteiger partial charge in [-0.15, -0.1) is 11.3 Å². The molecule has 21 heavy (non-hydrogen) atoms. The molecule has 1 atom stereocenters. The number of hydrogen-bond donors (Lipinski definition) is 1. The highest BCUT2D eigenvalue weighted by atomic mass is 32.1. The molecule has 3 rings (SSSR count). The number of ether oxygens (including phenoxy) is 1. The van der Waals surface area contributed by atoms with Gasteiger partial charge in [0.15, 0.2) is 4.96 Å². The summed E-state index contributed by atoms with van der Waals surface area (Å²) in [4.78, 5) is 5.61. The highest BCUT2D eigenvalue weighted by molar-refractivity contribution is 7.15. The van der Waals surface area contributed by atoms with Crippen LogP contribution >= 0.6 is 11.3 Å². The second kappa shape index (κ2) is 6.28. The van der Waals surface area contributed by atoms with Crippen LogP contribution in [-0.2, 0) is 12.8 Å². The number of nitrogens with zero attached hydrogens (tertiary/aromatic N) is 2. The molecule has 110 valence electrons. The summed E-state index contributed by atoms with van der Waals surface area (Å²) in [6.07, 6.45) is 6.86. The maximum atomic E-state index is 6.23. The zero-order valence-electron chi connectivity index (χ0n) is 12.0. The van der Waals surface area contributed by atoms with E-state index in [1.807, 2.05) is 23.7 Å². The van der Waals surface area contributed by atoms with Crippen molar-refractivity contribution in [1.29, 1.82) is 0 Å². The van der Waals surface area contributed by atoms with Crippen molar-refractivity contribution in [3.05, 3.63) is 53.3 Å². The molecule has 3 aromatic rings. The van der Waals surface area contributed by atoms with Crippen LogP contribution in [0.1, 0.15) is 17.7 Å². The zero-order chi connectivity index (χ0) is 14.7. The van der Waals surface area contributed by atoms with Crippen molar-refractivity contribution in [2.45, 2.75) is 25.3 Å². The normalized spacial score (nSPS) is 12.7. The lowest BCUT2D eigenvalue weighted by Gasteiger charge is -2.10. The topological polar surface area (TPSA) is 52.5 Å². The Morgan fingerprint density at radius 1 is 1.33 bits per heavy atom. The SMILES string of the molecule is COc1ccc(CCC(N)Cc2cn3ccsc3n2)cc1. The minimum atomic E-state index is 0.136. The Morgan fingerprint density at radius 3 is 2.86 bits per heavy atom. The molecule has 0 amide bonds. The Hall–Kier alpha value is -1.85. The van der Waals surface area contributed by atoms with E-state index in [1.54, 1.807) is 18.4 Å². The molecule has 2 heterocycles. The fourth-order valence-corrected chi connectivity index (χ4v) is 3.11. The molecule has 0 radical (unpaired) electrons.